The smallest absolute Gasteiger partial charge is 0.189 e. The molecule has 3 rings (SSSR count). The molecule has 0 spiro atoms. The van der Waals surface area contributed by atoms with Crippen LogP contribution in [0.15, 0.2) is 53.5 Å². The second kappa shape index (κ2) is 9.03. The lowest BCUT2D eigenvalue weighted by atomic mass is 9.76. The molecule has 0 radical (unpaired) electrons. The van der Waals surface area contributed by atoms with Crippen molar-refractivity contribution in [3.05, 3.63) is 65.5 Å². The van der Waals surface area contributed by atoms with Crippen molar-refractivity contribution in [2.75, 3.05) is 7.11 Å². The number of methoxy groups -OCH3 is 1. The Morgan fingerprint density at radius 1 is 1.20 bits per heavy atom. The molecule has 3 N–H and O–H groups in total. The largest absolute Gasteiger partial charge is 0.496 e. The van der Waals surface area contributed by atoms with Crippen molar-refractivity contribution in [1.29, 1.82) is 0 Å². The van der Waals surface area contributed by atoms with Gasteiger partial charge in [0.15, 0.2) is 5.96 Å². The van der Waals surface area contributed by atoms with Gasteiger partial charge in [0.2, 0.25) is 0 Å². The number of guanidine groups is 1. The van der Waals surface area contributed by atoms with E-state index in [1.54, 1.807) is 13.2 Å². The van der Waals surface area contributed by atoms with Gasteiger partial charge in [0, 0.05) is 11.6 Å². The van der Waals surface area contributed by atoms with Gasteiger partial charge in [0.05, 0.1) is 13.7 Å². The van der Waals surface area contributed by atoms with Crippen LogP contribution in [0, 0.1) is 5.82 Å². The molecule has 0 bridgehead atoms. The van der Waals surface area contributed by atoms with E-state index in [4.69, 9.17) is 10.5 Å². The lowest BCUT2D eigenvalue weighted by molar-refractivity contribution is 0.316. The van der Waals surface area contributed by atoms with Crippen LogP contribution in [-0.4, -0.2) is 19.1 Å². The number of nitrogens with one attached hydrogen (secondary N) is 1. The number of rotatable bonds is 5. The van der Waals surface area contributed by atoms with Gasteiger partial charge < -0.3 is 15.8 Å². The fourth-order valence-corrected chi connectivity index (χ4v) is 3.05. The Balaban J connectivity index is 0.00000225. The summed E-state index contributed by atoms with van der Waals surface area (Å²) < 4.78 is 19.0. The topological polar surface area (TPSA) is 59.6 Å². The van der Waals surface area contributed by atoms with Crippen molar-refractivity contribution in [3.63, 3.8) is 0 Å². The maximum absolute atomic E-state index is 13.7. The molecule has 0 heterocycles. The average Bonchev–Trinajstić information content (AvgIpc) is 2.57. The van der Waals surface area contributed by atoms with Crippen molar-refractivity contribution in [1.82, 2.24) is 5.32 Å². The highest BCUT2D eigenvalue weighted by Crippen LogP contribution is 2.37. The number of nitrogens with two attached hydrogens (primary N) is 1. The van der Waals surface area contributed by atoms with E-state index in [9.17, 15) is 4.39 Å². The summed E-state index contributed by atoms with van der Waals surface area (Å²) in [6.45, 7) is 0.465. The monoisotopic (exact) mass is 455 g/mol. The van der Waals surface area contributed by atoms with Gasteiger partial charge >= 0.3 is 0 Å². The first kappa shape index (κ1) is 19.5. The molecule has 2 aromatic carbocycles. The van der Waals surface area contributed by atoms with Crippen LogP contribution in [0.2, 0.25) is 0 Å². The number of hydrogen-bond donors (Lipinski definition) is 2. The first-order valence-corrected chi connectivity index (χ1v) is 8.10. The van der Waals surface area contributed by atoms with Crippen LogP contribution in [0.1, 0.15) is 29.9 Å². The van der Waals surface area contributed by atoms with E-state index < -0.39 is 0 Å². The van der Waals surface area contributed by atoms with E-state index in [-0.39, 0.29) is 41.8 Å². The fraction of sp³-hybridized carbons (Fsp3) is 0.316. The van der Waals surface area contributed by atoms with Crippen molar-refractivity contribution in [2.24, 2.45) is 10.7 Å². The molecular weight excluding hydrogens is 432 g/mol. The molecule has 134 valence electrons. The van der Waals surface area contributed by atoms with Gasteiger partial charge in [0.25, 0.3) is 0 Å². The number of nitrogens with zero attached hydrogens (tertiary/aromatic N) is 1. The van der Waals surface area contributed by atoms with Crippen LogP contribution in [0.5, 0.6) is 5.75 Å². The first-order chi connectivity index (χ1) is 11.7. The Morgan fingerprint density at radius 3 is 2.60 bits per heavy atom. The van der Waals surface area contributed by atoms with Crippen LogP contribution < -0.4 is 15.8 Å². The summed E-state index contributed by atoms with van der Waals surface area (Å²) in [6.07, 6.45) is 1.73. The first-order valence-electron chi connectivity index (χ1n) is 8.10. The Bertz CT molecular complexity index is 732. The van der Waals surface area contributed by atoms with Gasteiger partial charge in [-0.05, 0) is 36.5 Å². The van der Waals surface area contributed by atoms with Crippen molar-refractivity contribution < 1.29 is 9.13 Å². The van der Waals surface area contributed by atoms with E-state index in [0.717, 1.165) is 29.7 Å². The zero-order chi connectivity index (χ0) is 16.9. The minimum Gasteiger partial charge on any atom is -0.496 e. The number of aliphatic imine (C=N–C) groups is 1. The van der Waals surface area contributed by atoms with Crippen molar-refractivity contribution in [3.8, 4) is 5.75 Å². The zero-order valence-corrected chi connectivity index (χ0v) is 16.4. The molecule has 1 saturated carbocycles. The highest BCUT2D eigenvalue weighted by molar-refractivity contribution is 14.0. The maximum Gasteiger partial charge on any atom is 0.189 e. The second-order valence-corrected chi connectivity index (χ2v) is 6.04. The SMILES string of the molecule is COc1ccccc1CN=C(N)NC1CC(c2ccccc2F)C1.I. The average molecular weight is 455 g/mol. The van der Waals surface area contributed by atoms with Crippen molar-refractivity contribution in [2.45, 2.75) is 31.3 Å². The molecule has 0 aromatic heterocycles. The van der Waals surface area contributed by atoms with Gasteiger partial charge in [-0.2, -0.15) is 0 Å². The molecule has 6 heteroatoms. The summed E-state index contributed by atoms with van der Waals surface area (Å²) in [6, 6.07) is 14.9. The molecule has 0 atom stereocenters. The predicted molar refractivity (Wildman–Crippen MR) is 109 cm³/mol. The van der Waals surface area contributed by atoms with Crippen LogP contribution in [0.25, 0.3) is 0 Å². The number of benzene rings is 2. The Morgan fingerprint density at radius 2 is 1.88 bits per heavy atom. The molecule has 25 heavy (non-hydrogen) atoms. The molecule has 1 aliphatic rings. The number of hydrogen-bond acceptors (Lipinski definition) is 2. The third-order valence-electron chi connectivity index (χ3n) is 4.45. The molecular formula is C19H23FIN3O. The zero-order valence-electron chi connectivity index (χ0n) is 14.1. The van der Waals surface area contributed by atoms with E-state index >= 15 is 0 Å². The predicted octanol–water partition coefficient (Wildman–Crippen LogP) is 3.80. The summed E-state index contributed by atoms with van der Waals surface area (Å²) >= 11 is 0. The molecule has 0 unspecified atom stereocenters. The normalized spacial score (nSPS) is 19.5. The summed E-state index contributed by atoms with van der Waals surface area (Å²) in [5.74, 6) is 1.35. The highest BCUT2D eigenvalue weighted by atomic mass is 127. The van der Waals surface area contributed by atoms with Gasteiger partial charge in [-0.1, -0.05) is 36.4 Å². The second-order valence-electron chi connectivity index (χ2n) is 6.04. The quantitative estimate of drug-likeness (QED) is 0.410. The van der Waals surface area contributed by atoms with Crippen LogP contribution in [-0.2, 0) is 6.54 Å². The molecule has 1 aliphatic carbocycles. The number of halogens is 2. The fourth-order valence-electron chi connectivity index (χ4n) is 3.05. The van der Waals surface area contributed by atoms with E-state index in [1.165, 1.54) is 6.07 Å². The molecule has 0 amide bonds. The summed E-state index contributed by atoms with van der Waals surface area (Å²) in [5.41, 5.74) is 7.74. The minimum absolute atomic E-state index is 0. The molecule has 0 aliphatic heterocycles. The van der Waals surface area contributed by atoms with E-state index in [2.05, 4.69) is 10.3 Å². The van der Waals surface area contributed by atoms with E-state index in [0.29, 0.717) is 12.5 Å². The van der Waals surface area contributed by atoms with Crippen LogP contribution in [0.4, 0.5) is 4.39 Å². The maximum atomic E-state index is 13.7. The summed E-state index contributed by atoms with van der Waals surface area (Å²) in [7, 11) is 1.64. The van der Waals surface area contributed by atoms with Crippen LogP contribution in [0.3, 0.4) is 0 Å². The standard InChI is InChI=1S/C19H22FN3O.HI/c1-24-18-9-5-2-6-13(18)12-22-19(21)23-15-10-14(11-15)16-7-3-4-8-17(16)20;/h2-9,14-15H,10-12H2,1H3,(H3,21,22,23);1H. The molecule has 2 aromatic rings. The number of ether oxygens (including phenoxy) is 1. The van der Waals surface area contributed by atoms with Gasteiger partial charge in [-0.15, -0.1) is 24.0 Å². The van der Waals surface area contributed by atoms with E-state index in [1.807, 2.05) is 36.4 Å². The third-order valence-corrected chi connectivity index (χ3v) is 4.45. The summed E-state index contributed by atoms with van der Waals surface area (Å²) in [4.78, 5) is 4.37. The lowest BCUT2D eigenvalue weighted by Gasteiger charge is -2.36. The van der Waals surface area contributed by atoms with Crippen molar-refractivity contribution >= 4 is 29.9 Å². The Labute approximate surface area is 164 Å². The third kappa shape index (κ3) is 4.84. The highest BCUT2D eigenvalue weighted by Gasteiger charge is 2.32. The van der Waals surface area contributed by atoms with Crippen LogP contribution >= 0.6 is 24.0 Å². The summed E-state index contributed by atoms with van der Waals surface area (Å²) in [5, 5.41) is 3.21. The Hall–Kier alpha value is -1.83. The van der Waals surface area contributed by atoms with Gasteiger partial charge in [0.1, 0.15) is 11.6 Å². The molecule has 1 fully saturated rings. The Kier molecular flexibility index (Phi) is 7.04. The number of para-hydroxylation sites is 1. The lowest BCUT2D eigenvalue weighted by Crippen LogP contribution is -2.46. The molecule has 0 saturated heterocycles. The minimum atomic E-state index is -0.126. The van der Waals surface area contributed by atoms with Gasteiger partial charge in [-0.25, -0.2) is 9.38 Å². The molecule has 4 nitrogen and oxygen atoms in total. The van der Waals surface area contributed by atoms with Gasteiger partial charge in [-0.3, -0.25) is 0 Å².